The summed E-state index contributed by atoms with van der Waals surface area (Å²) in [5.41, 5.74) is 5.79. The van der Waals surface area contributed by atoms with Crippen molar-refractivity contribution >= 4 is 62.5 Å². The largest absolute Gasteiger partial charge is 1.00 e. The fraction of sp³-hybridized carbons (Fsp3) is 0.192. The molecule has 0 aliphatic heterocycles. The van der Waals surface area contributed by atoms with Gasteiger partial charge in [0.15, 0.2) is 0 Å². The smallest absolute Gasteiger partial charge is 0.322 e. The van der Waals surface area contributed by atoms with E-state index < -0.39 is 31.7 Å². The highest BCUT2D eigenvalue weighted by Gasteiger charge is 2.45. The number of halogens is 1. The molecule has 0 saturated carbocycles. The lowest BCUT2D eigenvalue weighted by atomic mass is 10.3. The Bertz CT molecular complexity index is 1050. The number of carbonyl (C=O) groups is 3. The molecule has 2 amide bonds. The summed E-state index contributed by atoms with van der Waals surface area (Å²) < 4.78 is 0. The van der Waals surface area contributed by atoms with Crippen LogP contribution in [-0.2, 0) is 14.4 Å². The van der Waals surface area contributed by atoms with Crippen LogP contribution in [0, 0.1) is 0 Å². The van der Waals surface area contributed by atoms with Crippen molar-refractivity contribution in [2.45, 2.75) is 6.04 Å². The minimum absolute atomic E-state index is 0. The van der Waals surface area contributed by atoms with Crippen molar-refractivity contribution in [1.82, 2.24) is 10.6 Å². The molecule has 0 aliphatic carbocycles. The molecule has 7 nitrogen and oxygen atoms in total. The van der Waals surface area contributed by atoms with E-state index in [9.17, 15) is 14.4 Å². The predicted molar refractivity (Wildman–Crippen MR) is 152 cm³/mol. The van der Waals surface area contributed by atoms with Crippen LogP contribution in [0.4, 0.5) is 0 Å². The quantitative estimate of drug-likeness (QED) is 0.109. The Morgan fingerprint density at radius 2 is 1.24 bits per heavy atom. The summed E-state index contributed by atoms with van der Waals surface area (Å²) in [5.74, 6) is -1.30. The van der Waals surface area contributed by atoms with Crippen LogP contribution in [0.15, 0.2) is 91.0 Å². The Labute approximate surface area is 235 Å². The van der Waals surface area contributed by atoms with Crippen molar-refractivity contribution in [3.05, 3.63) is 91.0 Å². The molecule has 0 radical (unpaired) electrons. The van der Waals surface area contributed by atoms with Gasteiger partial charge in [0.05, 0.1) is 11.8 Å². The predicted octanol–water partition coefficient (Wildman–Crippen LogP) is -1.03. The number of aliphatic carboxylic acids is 1. The second-order valence-electron chi connectivity index (χ2n) is 7.84. The van der Waals surface area contributed by atoms with Crippen LogP contribution in [0.5, 0.6) is 0 Å². The molecule has 0 heterocycles. The SMILES string of the molecule is N[C@@H](CSSCC(=O)NC[P+](c1ccccc1)(c1ccccc1)c1ccccc1)C(=O)NCC(=O)O.[Br-]. The highest BCUT2D eigenvalue weighted by Crippen LogP contribution is 2.54. The lowest BCUT2D eigenvalue weighted by molar-refractivity contribution is -0.138. The summed E-state index contributed by atoms with van der Waals surface area (Å²) in [6.45, 7) is -0.470. The number of carbonyl (C=O) groups excluding carboxylic acids is 2. The van der Waals surface area contributed by atoms with Crippen LogP contribution in [0.2, 0.25) is 0 Å². The number of hydrogen-bond donors (Lipinski definition) is 4. The fourth-order valence-electron chi connectivity index (χ4n) is 3.61. The zero-order valence-electron chi connectivity index (χ0n) is 20.0. The lowest BCUT2D eigenvalue weighted by Gasteiger charge is -2.27. The first-order chi connectivity index (χ1) is 17.4. The van der Waals surface area contributed by atoms with Crippen LogP contribution in [0.25, 0.3) is 0 Å². The highest BCUT2D eigenvalue weighted by molar-refractivity contribution is 8.76. The maximum atomic E-state index is 12.8. The lowest BCUT2D eigenvalue weighted by Crippen LogP contribution is -3.00. The van der Waals surface area contributed by atoms with Gasteiger partial charge in [-0.15, -0.1) is 0 Å². The van der Waals surface area contributed by atoms with Crippen LogP contribution in [0.3, 0.4) is 0 Å². The number of nitrogens with two attached hydrogens (primary N) is 1. The van der Waals surface area contributed by atoms with Gasteiger partial charge in [-0.1, -0.05) is 76.2 Å². The Kier molecular flexibility index (Phi) is 13.2. The average Bonchev–Trinajstić information content (AvgIpc) is 2.91. The van der Waals surface area contributed by atoms with Crippen molar-refractivity contribution in [2.24, 2.45) is 5.73 Å². The van der Waals surface area contributed by atoms with Crippen LogP contribution < -0.4 is 49.3 Å². The fourth-order valence-corrected chi connectivity index (χ4v) is 9.50. The summed E-state index contributed by atoms with van der Waals surface area (Å²) in [6, 6.07) is 30.1. The molecule has 0 fully saturated rings. The zero-order chi connectivity index (χ0) is 25.8. The van der Waals surface area contributed by atoms with Crippen molar-refractivity contribution in [2.75, 3.05) is 24.3 Å². The molecular formula is C26H29BrN3O4PS2. The minimum atomic E-state index is -2.16. The number of carboxylic acid groups (broad SMARTS) is 1. The molecular weight excluding hydrogens is 593 g/mol. The van der Waals surface area contributed by atoms with E-state index in [0.717, 1.165) is 0 Å². The molecule has 0 bridgehead atoms. The number of nitrogens with one attached hydrogen (secondary N) is 2. The highest BCUT2D eigenvalue weighted by atomic mass is 79.9. The molecule has 0 aliphatic rings. The molecule has 1 atom stereocenters. The summed E-state index contributed by atoms with van der Waals surface area (Å²) in [5, 5.41) is 17.6. The first-order valence-electron chi connectivity index (χ1n) is 11.2. The molecule has 0 saturated heterocycles. The molecule has 0 aromatic heterocycles. The average molecular weight is 623 g/mol. The number of amides is 2. The van der Waals surface area contributed by atoms with E-state index in [1.807, 2.05) is 54.6 Å². The molecule has 3 aromatic carbocycles. The van der Waals surface area contributed by atoms with Crippen LogP contribution in [-0.4, -0.2) is 53.3 Å². The third-order valence-corrected chi connectivity index (χ3v) is 11.9. The molecule has 11 heteroatoms. The van der Waals surface area contributed by atoms with Gasteiger partial charge >= 0.3 is 5.97 Å². The van der Waals surface area contributed by atoms with Gasteiger partial charge in [0, 0.05) is 5.75 Å². The van der Waals surface area contributed by atoms with Gasteiger partial charge in [0.1, 0.15) is 36.0 Å². The van der Waals surface area contributed by atoms with E-state index in [2.05, 4.69) is 47.0 Å². The minimum Gasteiger partial charge on any atom is -1.00 e. The third-order valence-electron chi connectivity index (χ3n) is 5.38. The van der Waals surface area contributed by atoms with E-state index >= 15 is 0 Å². The number of benzene rings is 3. The molecule has 3 rings (SSSR count). The Morgan fingerprint density at radius 1 is 0.784 bits per heavy atom. The number of rotatable bonds is 13. The molecule has 196 valence electrons. The third kappa shape index (κ3) is 8.86. The second-order valence-corrected chi connectivity index (χ2v) is 13.8. The van der Waals surface area contributed by atoms with Crippen molar-refractivity contribution in [3.8, 4) is 0 Å². The van der Waals surface area contributed by atoms with Gasteiger partial charge in [0.25, 0.3) is 0 Å². The summed E-state index contributed by atoms with van der Waals surface area (Å²) in [6.07, 6.45) is 0.478. The van der Waals surface area contributed by atoms with E-state index in [1.54, 1.807) is 0 Å². The molecule has 0 spiro atoms. The molecule has 5 N–H and O–H groups in total. The van der Waals surface area contributed by atoms with Crippen molar-refractivity contribution in [1.29, 1.82) is 0 Å². The molecule has 37 heavy (non-hydrogen) atoms. The summed E-state index contributed by atoms with van der Waals surface area (Å²) in [4.78, 5) is 35.2. The van der Waals surface area contributed by atoms with Crippen LogP contribution >= 0.6 is 28.9 Å². The van der Waals surface area contributed by atoms with Gasteiger partial charge in [-0.3, -0.25) is 14.4 Å². The van der Waals surface area contributed by atoms with Gasteiger partial charge in [0.2, 0.25) is 11.8 Å². The van der Waals surface area contributed by atoms with Crippen LogP contribution in [0.1, 0.15) is 0 Å². The number of hydrogen-bond acceptors (Lipinski definition) is 6. The molecule has 3 aromatic rings. The monoisotopic (exact) mass is 621 g/mol. The zero-order valence-corrected chi connectivity index (χ0v) is 24.1. The maximum Gasteiger partial charge on any atom is 0.322 e. The van der Waals surface area contributed by atoms with E-state index in [0.29, 0.717) is 6.29 Å². The van der Waals surface area contributed by atoms with E-state index in [1.165, 1.54) is 37.5 Å². The van der Waals surface area contributed by atoms with Gasteiger partial charge in [-0.05, 0) is 36.4 Å². The summed E-state index contributed by atoms with van der Waals surface area (Å²) in [7, 11) is 0.457. The first-order valence-corrected chi connectivity index (χ1v) is 15.7. The Balaban J connectivity index is 0.00000481. The normalized spacial score (nSPS) is 11.6. The second kappa shape index (κ2) is 15.8. The first kappa shape index (κ1) is 30.9. The standard InChI is InChI=1S/C26H28N3O4PS2.BrH/c27-23(26(33)28-16-25(31)32)17-35-36-18-24(30)29-19-34(20-10-4-1-5-11-20,21-12-6-2-7-13-21)22-14-8-3-9-15-22;/h1-15,23H,16-19,27H2,(H2-,28,29,30,31,32,33);1H/t23-;/m0./s1. The topological polar surface area (TPSA) is 122 Å². The van der Waals surface area contributed by atoms with Crippen molar-refractivity contribution < 1.29 is 36.5 Å². The Hall–Kier alpha value is -2.36. The van der Waals surface area contributed by atoms with Gasteiger partial charge in [-0.2, -0.15) is 0 Å². The Morgan fingerprint density at radius 3 is 1.68 bits per heavy atom. The maximum absolute atomic E-state index is 12.8. The number of carboxylic acids is 1. The van der Waals surface area contributed by atoms with E-state index in [4.69, 9.17) is 10.8 Å². The van der Waals surface area contributed by atoms with Gasteiger partial charge in [-0.25, -0.2) is 0 Å². The van der Waals surface area contributed by atoms with Gasteiger partial charge < -0.3 is 38.5 Å². The summed E-state index contributed by atoms with van der Waals surface area (Å²) >= 11 is 0. The van der Waals surface area contributed by atoms with E-state index in [-0.39, 0.29) is 34.4 Å². The van der Waals surface area contributed by atoms with Crippen molar-refractivity contribution in [3.63, 3.8) is 0 Å². The molecule has 0 unspecified atom stereocenters.